The first-order chi connectivity index (χ1) is 8.14. The predicted octanol–water partition coefficient (Wildman–Crippen LogP) is 2.06. The van der Waals surface area contributed by atoms with Crippen molar-refractivity contribution < 1.29 is 0 Å². The maximum atomic E-state index is 4.87. The van der Waals surface area contributed by atoms with E-state index in [0.717, 1.165) is 25.9 Å². The number of rotatable bonds is 3. The molecule has 1 saturated heterocycles. The summed E-state index contributed by atoms with van der Waals surface area (Å²) in [5, 5.41) is 8.30. The number of thiazole rings is 1. The second kappa shape index (κ2) is 5.04. The Morgan fingerprint density at radius 1 is 1.59 bits per heavy atom. The number of hydrogen-bond donors (Lipinski definition) is 2. The van der Waals surface area contributed by atoms with Crippen LogP contribution in [0.15, 0.2) is 0 Å². The first-order valence-electron chi connectivity index (χ1n) is 6.50. The molecule has 17 heavy (non-hydrogen) atoms. The molecule has 1 aliphatic heterocycles. The van der Waals surface area contributed by atoms with Crippen LogP contribution in [-0.2, 0) is 12.0 Å². The number of nitrogens with zero attached hydrogens (tertiary/aromatic N) is 1. The van der Waals surface area contributed by atoms with Gasteiger partial charge in [0.2, 0.25) is 0 Å². The Morgan fingerprint density at radius 2 is 2.35 bits per heavy atom. The number of aryl methyl sites for hydroxylation is 2. The number of aromatic nitrogens is 1. The molecule has 1 aromatic rings. The Labute approximate surface area is 108 Å². The average Bonchev–Trinajstić information content (AvgIpc) is 2.72. The third kappa shape index (κ3) is 2.14. The normalized spacial score (nSPS) is 29.5. The molecule has 0 aliphatic carbocycles. The monoisotopic (exact) mass is 253 g/mol. The molecule has 1 aliphatic rings. The SMILES string of the molecule is CCc1nc(C2(NC)CCNCC2C)sc1C. The van der Waals surface area contributed by atoms with E-state index >= 15 is 0 Å². The van der Waals surface area contributed by atoms with Crippen molar-refractivity contribution in [2.24, 2.45) is 5.92 Å². The predicted molar refractivity (Wildman–Crippen MR) is 73.6 cm³/mol. The molecule has 0 saturated carbocycles. The van der Waals surface area contributed by atoms with Crippen LogP contribution in [0.1, 0.15) is 35.8 Å². The second-order valence-corrected chi connectivity index (χ2v) is 6.16. The van der Waals surface area contributed by atoms with Crippen LogP contribution in [0.4, 0.5) is 0 Å². The summed E-state index contributed by atoms with van der Waals surface area (Å²) in [5.74, 6) is 0.580. The van der Waals surface area contributed by atoms with Crippen LogP contribution in [-0.4, -0.2) is 25.1 Å². The summed E-state index contributed by atoms with van der Waals surface area (Å²) in [4.78, 5) is 6.25. The van der Waals surface area contributed by atoms with Crippen molar-refractivity contribution in [1.82, 2.24) is 15.6 Å². The van der Waals surface area contributed by atoms with Gasteiger partial charge in [-0.15, -0.1) is 11.3 Å². The summed E-state index contributed by atoms with van der Waals surface area (Å²) in [6, 6.07) is 0. The maximum absolute atomic E-state index is 4.87. The van der Waals surface area contributed by atoms with Gasteiger partial charge in [0.15, 0.2) is 0 Å². The summed E-state index contributed by atoms with van der Waals surface area (Å²) in [6.45, 7) is 8.83. The number of hydrogen-bond acceptors (Lipinski definition) is 4. The molecule has 2 atom stereocenters. The quantitative estimate of drug-likeness (QED) is 0.866. The van der Waals surface area contributed by atoms with Crippen LogP contribution in [0.5, 0.6) is 0 Å². The minimum atomic E-state index is 0.0775. The lowest BCUT2D eigenvalue weighted by atomic mass is 9.80. The molecule has 0 amide bonds. The van der Waals surface area contributed by atoms with Gasteiger partial charge >= 0.3 is 0 Å². The topological polar surface area (TPSA) is 37.0 Å². The van der Waals surface area contributed by atoms with Crippen molar-refractivity contribution in [2.45, 2.75) is 39.2 Å². The van der Waals surface area contributed by atoms with Gasteiger partial charge < -0.3 is 10.6 Å². The van der Waals surface area contributed by atoms with Gasteiger partial charge in [-0.05, 0) is 45.8 Å². The summed E-state index contributed by atoms with van der Waals surface area (Å²) >= 11 is 1.87. The first kappa shape index (κ1) is 13.0. The summed E-state index contributed by atoms with van der Waals surface area (Å²) in [6.07, 6.45) is 2.16. The van der Waals surface area contributed by atoms with E-state index in [9.17, 15) is 0 Å². The van der Waals surface area contributed by atoms with Crippen LogP contribution in [0.2, 0.25) is 0 Å². The summed E-state index contributed by atoms with van der Waals surface area (Å²) in [5.41, 5.74) is 1.35. The van der Waals surface area contributed by atoms with Crippen molar-refractivity contribution in [3.63, 3.8) is 0 Å². The Morgan fingerprint density at radius 3 is 2.88 bits per heavy atom. The molecule has 2 rings (SSSR count). The van der Waals surface area contributed by atoms with Crippen molar-refractivity contribution in [3.05, 3.63) is 15.6 Å². The lowest BCUT2D eigenvalue weighted by Gasteiger charge is -2.41. The lowest BCUT2D eigenvalue weighted by Crippen LogP contribution is -2.54. The standard InChI is InChI=1S/C13H23N3S/c1-5-11-10(3)17-12(16-11)13(14-4)6-7-15-8-9(13)2/h9,14-15H,5-8H2,1-4H3. The highest BCUT2D eigenvalue weighted by Crippen LogP contribution is 2.37. The van der Waals surface area contributed by atoms with E-state index in [0.29, 0.717) is 5.92 Å². The van der Waals surface area contributed by atoms with Gasteiger partial charge in [0.1, 0.15) is 5.01 Å². The molecule has 0 aromatic carbocycles. The van der Waals surface area contributed by atoms with Crippen LogP contribution in [0, 0.1) is 12.8 Å². The fourth-order valence-corrected chi connectivity index (χ4v) is 4.11. The Balaban J connectivity index is 2.39. The second-order valence-electron chi connectivity index (χ2n) is 4.95. The van der Waals surface area contributed by atoms with E-state index in [-0.39, 0.29) is 5.54 Å². The minimum absolute atomic E-state index is 0.0775. The van der Waals surface area contributed by atoms with Gasteiger partial charge in [-0.3, -0.25) is 0 Å². The van der Waals surface area contributed by atoms with Crippen molar-refractivity contribution in [3.8, 4) is 0 Å². The molecule has 4 heteroatoms. The number of piperidine rings is 1. The Kier molecular flexibility index (Phi) is 3.85. The molecule has 0 radical (unpaired) electrons. The van der Waals surface area contributed by atoms with Crippen LogP contribution in [0.25, 0.3) is 0 Å². The van der Waals surface area contributed by atoms with Gasteiger partial charge in [-0.1, -0.05) is 13.8 Å². The van der Waals surface area contributed by atoms with Gasteiger partial charge in [-0.25, -0.2) is 4.98 Å². The fraction of sp³-hybridized carbons (Fsp3) is 0.769. The zero-order valence-corrected chi connectivity index (χ0v) is 12.1. The smallest absolute Gasteiger partial charge is 0.114 e. The van der Waals surface area contributed by atoms with Gasteiger partial charge in [0.05, 0.1) is 11.2 Å². The van der Waals surface area contributed by atoms with E-state index in [4.69, 9.17) is 4.98 Å². The molecule has 3 nitrogen and oxygen atoms in total. The largest absolute Gasteiger partial charge is 0.316 e. The first-order valence-corrected chi connectivity index (χ1v) is 7.32. The van der Waals surface area contributed by atoms with E-state index in [1.54, 1.807) is 0 Å². The molecule has 2 unspecified atom stereocenters. The number of nitrogens with one attached hydrogen (secondary N) is 2. The van der Waals surface area contributed by atoms with E-state index in [1.165, 1.54) is 15.6 Å². The molecular weight excluding hydrogens is 230 g/mol. The third-order valence-corrected chi connectivity index (χ3v) is 5.23. The molecular formula is C13H23N3S. The lowest BCUT2D eigenvalue weighted by molar-refractivity contribution is 0.179. The fourth-order valence-electron chi connectivity index (χ4n) is 2.77. The summed E-state index contributed by atoms with van der Waals surface area (Å²) < 4.78 is 0. The molecule has 1 aromatic heterocycles. The molecule has 0 spiro atoms. The highest BCUT2D eigenvalue weighted by atomic mass is 32.1. The van der Waals surface area contributed by atoms with E-state index in [1.807, 2.05) is 11.3 Å². The maximum Gasteiger partial charge on any atom is 0.114 e. The van der Waals surface area contributed by atoms with Crippen molar-refractivity contribution >= 4 is 11.3 Å². The Hall–Kier alpha value is -0.450. The Bertz CT molecular complexity index is 388. The highest BCUT2D eigenvalue weighted by Gasteiger charge is 2.41. The average molecular weight is 253 g/mol. The third-order valence-electron chi connectivity index (χ3n) is 4.04. The molecule has 1 fully saturated rings. The van der Waals surface area contributed by atoms with Crippen molar-refractivity contribution in [1.29, 1.82) is 0 Å². The van der Waals surface area contributed by atoms with Crippen molar-refractivity contribution in [2.75, 3.05) is 20.1 Å². The van der Waals surface area contributed by atoms with Gasteiger partial charge in [0, 0.05) is 4.88 Å². The summed E-state index contributed by atoms with van der Waals surface area (Å²) in [7, 11) is 2.07. The highest BCUT2D eigenvalue weighted by molar-refractivity contribution is 7.11. The van der Waals surface area contributed by atoms with Crippen LogP contribution < -0.4 is 10.6 Å². The zero-order valence-electron chi connectivity index (χ0n) is 11.3. The molecule has 2 heterocycles. The van der Waals surface area contributed by atoms with Crippen LogP contribution in [0.3, 0.4) is 0 Å². The molecule has 0 bridgehead atoms. The van der Waals surface area contributed by atoms with Gasteiger partial charge in [-0.2, -0.15) is 0 Å². The molecule has 2 N–H and O–H groups in total. The zero-order chi connectivity index (χ0) is 12.5. The van der Waals surface area contributed by atoms with E-state index < -0.39 is 0 Å². The minimum Gasteiger partial charge on any atom is -0.316 e. The van der Waals surface area contributed by atoms with E-state index in [2.05, 4.69) is 38.5 Å². The van der Waals surface area contributed by atoms with Crippen LogP contribution >= 0.6 is 11.3 Å². The molecule has 96 valence electrons. The van der Waals surface area contributed by atoms with Gasteiger partial charge in [0.25, 0.3) is 0 Å².